The van der Waals surface area contributed by atoms with Crippen molar-refractivity contribution in [1.29, 1.82) is 0 Å². The second-order valence-electron chi connectivity index (χ2n) is 5.04. The molecular weight excluding hydrogens is 234 g/mol. The molecule has 17 heavy (non-hydrogen) atoms. The Hall–Kier alpha value is -0.570. The summed E-state index contributed by atoms with van der Waals surface area (Å²) in [6.07, 6.45) is 4.47. The first kappa shape index (κ1) is 12.9. The van der Waals surface area contributed by atoms with Gasteiger partial charge in [0.2, 0.25) is 0 Å². The van der Waals surface area contributed by atoms with E-state index in [0.29, 0.717) is 6.54 Å². The van der Waals surface area contributed by atoms with Crippen LogP contribution in [0.2, 0.25) is 5.02 Å². The van der Waals surface area contributed by atoms with Crippen molar-refractivity contribution in [2.24, 2.45) is 11.1 Å². The first-order valence-corrected chi connectivity index (χ1v) is 6.67. The van der Waals surface area contributed by atoms with Crippen LogP contribution in [-0.2, 0) is 0 Å². The maximum atomic E-state index is 9.77. The van der Waals surface area contributed by atoms with Gasteiger partial charge in [-0.25, -0.2) is 0 Å². The van der Waals surface area contributed by atoms with E-state index in [0.717, 1.165) is 23.4 Å². The van der Waals surface area contributed by atoms with E-state index in [-0.39, 0.29) is 17.9 Å². The van der Waals surface area contributed by atoms with Crippen LogP contribution in [0, 0.1) is 5.41 Å². The summed E-state index contributed by atoms with van der Waals surface area (Å²) < 4.78 is 0. The van der Waals surface area contributed by atoms with Crippen LogP contribution in [0.15, 0.2) is 24.3 Å². The lowest BCUT2D eigenvalue weighted by atomic mass is 9.71. The number of aliphatic hydroxyl groups is 1. The van der Waals surface area contributed by atoms with Crippen LogP contribution < -0.4 is 5.73 Å². The van der Waals surface area contributed by atoms with Crippen molar-refractivity contribution in [3.63, 3.8) is 0 Å². The zero-order valence-corrected chi connectivity index (χ0v) is 10.8. The summed E-state index contributed by atoms with van der Waals surface area (Å²) in [4.78, 5) is 0. The van der Waals surface area contributed by atoms with E-state index < -0.39 is 0 Å². The lowest BCUT2D eigenvalue weighted by Crippen LogP contribution is -2.34. The number of halogens is 1. The number of hydrogen-bond acceptors (Lipinski definition) is 2. The highest BCUT2D eigenvalue weighted by atomic mass is 35.5. The average molecular weight is 254 g/mol. The highest BCUT2D eigenvalue weighted by Crippen LogP contribution is 2.49. The summed E-state index contributed by atoms with van der Waals surface area (Å²) in [6, 6.07) is 7.86. The van der Waals surface area contributed by atoms with Gasteiger partial charge in [-0.2, -0.15) is 0 Å². The van der Waals surface area contributed by atoms with E-state index in [1.807, 2.05) is 24.3 Å². The SMILES string of the molecule is NC[C@H](c1ccccc1Cl)C1(CO)CCCC1. The van der Waals surface area contributed by atoms with Crippen LogP contribution in [0.5, 0.6) is 0 Å². The van der Waals surface area contributed by atoms with Crippen LogP contribution in [-0.4, -0.2) is 18.3 Å². The van der Waals surface area contributed by atoms with Crippen LogP contribution in [0.3, 0.4) is 0 Å². The fourth-order valence-corrected chi connectivity index (χ4v) is 3.43. The first-order chi connectivity index (χ1) is 8.23. The zero-order chi connectivity index (χ0) is 12.3. The van der Waals surface area contributed by atoms with Crippen molar-refractivity contribution in [3.05, 3.63) is 34.9 Å². The molecular formula is C14H20ClNO. The van der Waals surface area contributed by atoms with Gasteiger partial charge in [-0.1, -0.05) is 42.6 Å². The van der Waals surface area contributed by atoms with Crippen LogP contribution in [0.4, 0.5) is 0 Å². The molecule has 0 heterocycles. The highest BCUT2D eigenvalue weighted by Gasteiger charge is 2.41. The van der Waals surface area contributed by atoms with Crippen molar-refractivity contribution >= 4 is 11.6 Å². The lowest BCUT2D eigenvalue weighted by molar-refractivity contribution is 0.103. The molecule has 0 aromatic heterocycles. The molecule has 2 nitrogen and oxygen atoms in total. The van der Waals surface area contributed by atoms with E-state index in [9.17, 15) is 5.11 Å². The van der Waals surface area contributed by atoms with Gasteiger partial charge in [-0.15, -0.1) is 0 Å². The third-order valence-corrected chi connectivity index (χ3v) is 4.51. The van der Waals surface area contributed by atoms with E-state index >= 15 is 0 Å². The third kappa shape index (κ3) is 2.35. The third-order valence-electron chi connectivity index (χ3n) is 4.17. The minimum Gasteiger partial charge on any atom is -0.396 e. The van der Waals surface area contributed by atoms with Crippen molar-refractivity contribution in [3.8, 4) is 0 Å². The molecule has 3 heteroatoms. The molecule has 94 valence electrons. The van der Waals surface area contributed by atoms with Gasteiger partial charge in [0.15, 0.2) is 0 Å². The molecule has 1 aliphatic rings. The maximum absolute atomic E-state index is 9.77. The molecule has 1 saturated carbocycles. The van der Waals surface area contributed by atoms with E-state index in [1.165, 1.54) is 12.8 Å². The molecule has 1 aromatic rings. The summed E-state index contributed by atoms with van der Waals surface area (Å²) in [5.41, 5.74) is 6.98. The van der Waals surface area contributed by atoms with Gasteiger partial charge < -0.3 is 10.8 Å². The predicted molar refractivity (Wildman–Crippen MR) is 71.2 cm³/mol. The Morgan fingerprint density at radius 1 is 1.29 bits per heavy atom. The summed E-state index contributed by atoms with van der Waals surface area (Å²) >= 11 is 6.26. The molecule has 0 spiro atoms. The second-order valence-corrected chi connectivity index (χ2v) is 5.44. The number of rotatable bonds is 4. The number of benzene rings is 1. The van der Waals surface area contributed by atoms with Gasteiger partial charge in [0.05, 0.1) is 0 Å². The van der Waals surface area contributed by atoms with Crippen molar-refractivity contribution in [2.75, 3.05) is 13.2 Å². The second kappa shape index (κ2) is 5.38. The molecule has 0 unspecified atom stereocenters. The number of nitrogens with two attached hydrogens (primary N) is 1. The summed E-state index contributed by atoms with van der Waals surface area (Å²) in [5.74, 6) is 0.170. The Labute approximate surface area is 108 Å². The number of hydrogen-bond donors (Lipinski definition) is 2. The van der Waals surface area contributed by atoms with Crippen LogP contribution in [0.1, 0.15) is 37.2 Å². The average Bonchev–Trinajstić information content (AvgIpc) is 2.82. The van der Waals surface area contributed by atoms with Gasteiger partial charge in [-0.3, -0.25) is 0 Å². The monoisotopic (exact) mass is 253 g/mol. The minimum absolute atomic E-state index is 0.0558. The number of aliphatic hydroxyl groups excluding tert-OH is 1. The normalized spacial score (nSPS) is 20.4. The Bertz CT molecular complexity index is 374. The van der Waals surface area contributed by atoms with E-state index in [2.05, 4.69) is 0 Å². The molecule has 1 atom stereocenters. The molecule has 3 N–H and O–H groups in total. The molecule has 1 aliphatic carbocycles. The molecule has 0 aliphatic heterocycles. The quantitative estimate of drug-likeness (QED) is 0.867. The van der Waals surface area contributed by atoms with Gasteiger partial charge in [-0.05, 0) is 31.0 Å². The highest BCUT2D eigenvalue weighted by molar-refractivity contribution is 6.31. The molecule has 0 radical (unpaired) electrons. The smallest absolute Gasteiger partial charge is 0.0493 e. The molecule has 0 amide bonds. The minimum atomic E-state index is -0.0558. The maximum Gasteiger partial charge on any atom is 0.0493 e. The molecule has 1 aromatic carbocycles. The molecule has 2 rings (SSSR count). The molecule has 0 saturated heterocycles. The van der Waals surface area contributed by atoms with E-state index in [4.69, 9.17) is 17.3 Å². The van der Waals surface area contributed by atoms with Gasteiger partial charge in [0, 0.05) is 23.0 Å². The predicted octanol–water partition coefficient (Wildman–Crippen LogP) is 2.94. The fraction of sp³-hybridized carbons (Fsp3) is 0.571. The van der Waals surface area contributed by atoms with Gasteiger partial charge in [0.1, 0.15) is 0 Å². The van der Waals surface area contributed by atoms with Crippen LogP contribution >= 0.6 is 11.6 Å². The molecule has 0 bridgehead atoms. The summed E-state index contributed by atoms with van der Waals surface area (Å²) in [7, 11) is 0. The van der Waals surface area contributed by atoms with Crippen molar-refractivity contribution in [2.45, 2.75) is 31.6 Å². The van der Waals surface area contributed by atoms with Crippen LogP contribution in [0.25, 0.3) is 0 Å². The summed E-state index contributed by atoms with van der Waals surface area (Å²) in [5, 5.41) is 10.5. The van der Waals surface area contributed by atoms with Crippen molar-refractivity contribution in [1.82, 2.24) is 0 Å². The Morgan fingerprint density at radius 2 is 1.94 bits per heavy atom. The lowest BCUT2D eigenvalue weighted by Gasteiger charge is -2.36. The Balaban J connectivity index is 2.36. The standard InChI is InChI=1S/C14H20ClNO/c15-13-6-2-1-5-11(13)12(9-16)14(10-17)7-3-4-8-14/h1-2,5-6,12,17H,3-4,7-10,16H2/t12-/m1/s1. The topological polar surface area (TPSA) is 46.2 Å². The van der Waals surface area contributed by atoms with Gasteiger partial charge in [0.25, 0.3) is 0 Å². The van der Waals surface area contributed by atoms with Gasteiger partial charge >= 0.3 is 0 Å². The van der Waals surface area contributed by atoms with E-state index in [1.54, 1.807) is 0 Å². The Morgan fingerprint density at radius 3 is 2.47 bits per heavy atom. The summed E-state index contributed by atoms with van der Waals surface area (Å²) in [6.45, 7) is 0.754. The Kier molecular flexibility index (Phi) is 4.08. The molecule has 1 fully saturated rings. The fourth-order valence-electron chi connectivity index (χ4n) is 3.16. The zero-order valence-electron chi connectivity index (χ0n) is 10.0. The first-order valence-electron chi connectivity index (χ1n) is 6.29. The van der Waals surface area contributed by atoms with Crippen molar-refractivity contribution < 1.29 is 5.11 Å². The largest absolute Gasteiger partial charge is 0.396 e.